The summed E-state index contributed by atoms with van der Waals surface area (Å²) in [6, 6.07) is 17.4. The SMILES string of the molecule is NC(=NCc1cccc(I)c1)NC(=O)c1cnc2ccccc2c1. The molecular weight excluding hydrogens is 415 g/mol. The Labute approximate surface area is 153 Å². The summed E-state index contributed by atoms with van der Waals surface area (Å²) in [5.41, 5.74) is 8.13. The number of pyridine rings is 1. The second-order valence-corrected chi connectivity index (χ2v) is 6.45. The van der Waals surface area contributed by atoms with E-state index in [-0.39, 0.29) is 11.9 Å². The Balaban J connectivity index is 1.69. The molecule has 0 aliphatic carbocycles. The quantitative estimate of drug-likeness (QED) is 0.381. The van der Waals surface area contributed by atoms with Gasteiger partial charge in [-0.15, -0.1) is 0 Å². The van der Waals surface area contributed by atoms with Crippen LogP contribution in [0.4, 0.5) is 0 Å². The Morgan fingerprint density at radius 2 is 2.00 bits per heavy atom. The van der Waals surface area contributed by atoms with Crippen molar-refractivity contribution in [3.8, 4) is 0 Å². The number of hydrogen-bond acceptors (Lipinski definition) is 3. The first-order valence-electron chi connectivity index (χ1n) is 7.32. The molecule has 3 rings (SSSR count). The second kappa shape index (κ2) is 7.39. The highest BCUT2D eigenvalue weighted by atomic mass is 127. The highest BCUT2D eigenvalue weighted by molar-refractivity contribution is 14.1. The van der Waals surface area contributed by atoms with Crippen LogP contribution >= 0.6 is 22.6 Å². The van der Waals surface area contributed by atoms with Gasteiger partial charge in [-0.3, -0.25) is 15.1 Å². The monoisotopic (exact) mass is 430 g/mol. The lowest BCUT2D eigenvalue weighted by Crippen LogP contribution is -2.36. The summed E-state index contributed by atoms with van der Waals surface area (Å²) in [5.74, 6) is -0.232. The maximum atomic E-state index is 12.3. The summed E-state index contributed by atoms with van der Waals surface area (Å²) in [7, 11) is 0. The molecule has 24 heavy (non-hydrogen) atoms. The molecule has 3 aromatic rings. The number of aliphatic imine (C=N–C) groups is 1. The molecule has 0 saturated carbocycles. The molecule has 3 N–H and O–H groups in total. The molecule has 0 aliphatic rings. The van der Waals surface area contributed by atoms with Gasteiger partial charge in [0.05, 0.1) is 17.6 Å². The molecule has 0 radical (unpaired) electrons. The summed E-state index contributed by atoms with van der Waals surface area (Å²) in [4.78, 5) is 20.7. The normalized spacial score (nSPS) is 11.5. The Bertz CT molecular complexity index is 924. The van der Waals surface area contributed by atoms with E-state index in [0.717, 1.165) is 20.0 Å². The Hall–Kier alpha value is -2.48. The number of halogens is 1. The van der Waals surface area contributed by atoms with E-state index in [9.17, 15) is 4.79 Å². The lowest BCUT2D eigenvalue weighted by atomic mass is 10.1. The minimum Gasteiger partial charge on any atom is -0.370 e. The first kappa shape index (κ1) is 16.4. The highest BCUT2D eigenvalue weighted by Crippen LogP contribution is 2.12. The van der Waals surface area contributed by atoms with Crippen molar-refractivity contribution >= 4 is 45.4 Å². The van der Waals surface area contributed by atoms with Crippen molar-refractivity contribution in [2.75, 3.05) is 0 Å². The van der Waals surface area contributed by atoms with Gasteiger partial charge in [-0.2, -0.15) is 0 Å². The standard InChI is InChI=1S/C18H15IN4O/c19-15-6-3-4-12(8-15)10-22-18(20)23-17(24)14-9-13-5-1-2-7-16(13)21-11-14/h1-9,11H,10H2,(H3,20,22,23,24). The van der Waals surface area contributed by atoms with Gasteiger partial charge in [0.1, 0.15) is 0 Å². The number of nitrogens with one attached hydrogen (secondary N) is 1. The van der Waals surface area contributed by atoms with Crippen molar-refractivity contribution in [3.05, 3.63) is 75.5 Å². The van der Waals surface area contributed by atoms with Crippen LogP contribution in [0.15, 0.2) is 65.8 Å². The largest absolute Gasteiger partial charge is 0.370 e. The molecule has 0 unspecified atom stereocenters. The van der Waals surface area contributed by atoms with Crippen LogP contribution in [0.1, 0.15) is 15.9 Å². The number of benzene rings is 2. The zero-order chi connectivity index (χ0) is 16.9. The van der Waals surface area contributed by atoms with Gasteiger partial charge in [0, 0.05) is 15.2 Å². The number of carbonyl (C=O) groups is 1. The van der Waals surface area contributed by atoms with Crippen molar-refractivity contribution in [3.63, 3.8) is 0 Å². The van der Waals surface area contributed by atoms with Gasteiger partial charge in [0.15, 0.2) is 5.96 Å². The molecule has 0 spiro atoms. The molecular formula is C18H15IN4O. The van der Waals surface area contributed by atoms with Crippen molar-refractivity contribution < 1.29 is 4.79 Å². The van der Waals surface area contributed by atoms with E-state index in [1.165, 1.54) is 6.20 Å². The lowest BCUT2D eigenvalue weighted by molar-refractivity contribution is 0.0976. The van der Waals surface area contributed by atoms with Crippen molar-refractivity contribution in [2.24, 2.45) is 10.7 Å². The van der Waals surface area contributed by atoms with Gasteiger partial charge in [-0.25, -0.2) is 4.99 Å². The molecule has 0 bridgehead atoms. The third-order valence-electron chi connectivity index (χ3n) is 3.42. The first-order valence-corrected chi connectivity index (χ1v) is 8.40. The topological polar surface area (TPSA) is 80.4 Å². The molecule has 2 aromatic carbocycles. The number of guanidine groups is 1. The molecule has 0 saturated heterocycles. The maximum Gasteiger partial charge on any atom is 0.259 e. The predicted octanol–water partition coefficient (Wildman–Crippen LogP) is 3.08. The summed E-state index contributed by atoms with van der Waals surface area (Å²) in [6.07, 6.45) is 1.53. The van der Waals surface area contributed by atoms with Crippen LogP contribution in [0, 0.1) is 3.57 Å². The van der Waals surface area contributed by atoms with Crippen LogP contribution in [-0.4, -0.2) is 16.9 Å². The molecule has 1 aromatic heterocycles. The Morgan fingerprint density at radius 3 is 2.83 bits per heavy atom. The summed E-state index contributed by atoms with van der Waals surface area (Å²) in [6.45, 7) is 0.416. The first-order chi connectivity index (χ1) is 11.6. The summed E-state index contributed by atoms with van der Waals surface area (Å²) >= 11 is 2.24. The van der Waals surface area contributed by atoms with Gasteiger partial charge < -0.3 is 5.73 Å². The van der Waals surface area contributed by atoms with Crippen LogP contribution in [-0.2, 0) is 6.54 Å². The zero-order valence-electron chi connectivity index (χ0n) is 12.7. The van der Waals surface area contributed by atoms with E-state index in [0.29, 0.717) is 12.1 Å². The minimum atomic E-state index is -0.322. The van der Waals surface area contributed by atoms with Crippen LogP contribution in [0.3, 0.4) is 0 Å². The van der Waals surface area contributed by atoms with Gasteiger partial charge in [-0.05, 0) is 52.4 Å². The molecule has 0 fully saturated rings. The molecule has 0 aliphatic heterocycles. The minimum absolute atomic E-state index is 0.0898. The number of nitrogens with zero attached hydrogens (tertiary/aromatic N) is 2. The summed E-state index contributed by atoms with van der Waals surface area (Å²) < 4.78 is 1.13. The van der Waals surface area contributed by atoms with Crippen LogP contribution in [0.2, 0.25) is 0 Å². The van der Waals surface area contributed by atoms with E-state index in [1.54, 1.807) is 6.07 Å². The Morgan fingerprint density at radius 1 is 1.17 bits per heavy atom. The number of aromatic nitrogens is 1. The smallest absolute Gasteiger partial charge is 0.259 e. The Kier molecular flexibility index (Phi) is 5.05. The predicted molar refractivity (Wildman–Crippen MR) is 104 cm³/mol. The number of hydrogen-bond donors (Lipinski definition) is 2. The molecule has 0 atom stereocenters. The van der Waals surface area contributed by atoms with Gasteiger partial charge in [-0.1, -0.05) is 30.3 Å². The number of rotatable bonds is 3. The average Bonchev–Trinajstić information content (AvgIpc) is 2.59. The fourth-order valence-electron chi connectivity index (χ4n) is 2.24. The fraction of sp³-hybridized carbons (Fsp3) is 0.0556. The van der Waals surface area contributed by atoms with Crippen LogP contribution < -0.4 is 11.1 Å². The molecule has 120 valence electrons. The van der Waals surface area contributed by atoms with Crippen LogP contribution in [0.5, 0.6) is 0 Å². The number of amides is 1. The maximum absolute atomic E-state index is 12.3. The molecule has 5 nitrogen and oxygen atoms in total. The molecule has 6 heteroatoms. The average molecular weight is 430 g/mol. The highest BCUT2D eigenvalue weighted by Gasteiger charge is 2.08. The van der Waals surface area contributed by atoms with E-state index in [2.05, 4.69) is 37.9 Å². The van der Waals surface area contributed by atoms with Crippen LogP contribution in [0.25, 0.3) is 10.9 Å². The van der Waals surface area contributed by atoms with E-state index < -0.39 is 0 Å². The van der Waals surface area contributed by atoms with E-state index in [1.807, 2.05) is 48.5 Å². The zero-order valence-corrected chi connectivity index (χ0v) is 14.9. The van der Waals surface area contributed by atoms with E-state index >= 15 is 0 Å². The number of carbonyl (C=O) groups excluding carboxylic acids is 1. The number of fused-ring (bicyclic) bond motifs is 1. The number of para-hydroxylation sites is 1. The third-order valence-corrected chi connectivity index (χ3v) is 4.09. The third kappa shape index (κ3) is 4.08. The van der Waals surface area contributed by atoms with Crippen molar-refractivity contribution in [2.45, 2.75) is 6.54 Å². The number of nitrogens with two attached hydrogens (primary N) is 1. The molecule has 1 amide bonds. The fourth-order valence-corrected chi connectivity index (χ4v) is 2.84. The summed E-state index contributed by atoms with van der Waals surface area (Å²) in [5, 5.41) is 3.50. The van der Waals surface area contributed by atoms with Gasteiger partial charge in [0.2, 0.25) is 0 Å². The van der Waals surface area contributed by atoms with Crippen molar-refractivity contribution in [1.29, 1.82) is 0 Å². The van der Waals surface area contributed by atoms with Gasteiger partial charge in [0.25, 0.3) is 5.91 Å². The van der Waals surface area contributed by atoms with Crippen molar-refractivity contribution in [1.82, 2.24) is 10.3 Å². The van der Waals surface area contributed by atoms with E-state index in [4.69, 9.17) is 5.73 Å². The lowest BCUT2D eigenvalue weighted by Gasteiger charge is -2.06. The van der Waals surface area contributed by atoms with Gasteiger partial charge >= 0.3 is 0 Å². The molecule has 1 heterocycles. The second-order valence-electron chi connectivity index (χ2n) is 5.20.